The standard InChI is InChI=1S/C16H24N2O2S/c1-3-9-21(19,20)10-8-18-7-6-15-5-4-14(11-13(2)17)12-16(15)18/h4-7,12-13H,3,8-11,17H2,1-2H3. The molecule has 0 fully saturated rings. The van der Waals surface area contributed by atoms with E-state index in [1.54, 1.807) is 0 Å². The van der Waals surface area contributed by atoms with E-state index < -0.39 is 9.84 Å². The zero-order valence-electron chi connectivity index (χ0n) is 12.7. The van der Waals surface area contributed by atoms with Crippen LogP contribution in [-0.4, -0.2) is 30.5 Å². The number of rotatable bonds is 7. The summed E-state index contributed by atoms with van der Waals surface area (Å²) in [7, 11) is -2.95. The number of sulfone groups is 1. The normalized spacial score (nSPS) is 13.7. The molecule has 1 aromatic carbocycles. The Balaban J connectivity index is 2.20. The van der Waals surface area contributed by atoms with Gasteiger partial charge in [0.25, 0.3) is 0 Å². The molecule has 2 N–H and O–H groups in total. The molecule has 1 atom stereocenters. The number of nitrogens with zero attached hydrogens (tertiary/aromatic N) is 1. The fourth-order valence-electron chi connectivity index (χ4n) is 2.57. The van der Waals surface area contributed by atoms with Crippen LogP contribution in [0.2, 0.25) is 0 Å². The van der Waals surface area contributed by atoms with Crippen LogP contribution in [0.4, 0.5) is 0 Å². The van der Waals surface area contributed by atoms with E-state index in [1.807, 2.05) is 30.7 Å². The van der Waals surface area contributed by atoms with Crippen molar-refractivity contribution in [3.63, 3.8) is 0 Å². The van der Waals surface area contributed by atoms with Gasteiger partial charge < -0.3 is 10.3 Å². The highest BCUT2D eigenvalue weighted by Gasteiger charge is 2.11. The third-order valence-corrected chi connectivity index (χ3v) is 5.39. The second-order valence-corrected chi connectivity index (χ2v) is 8.04. The number of hydrogen-bond acceptors (Lipinski definition) is 3. The van der Waals surface area contributed by atoms with Crippen LogP contribution in [0.1, 0.15) is 25.8 Å². The highest BCUT2D eigenvalue weighted by Crippen LogP contribution is 2.19. The molecule has 0 aliphatic rings. The van der Waals surface area contributed by atoms with Crippen LogP contribution < -0.4 is 5.73 Å². The predicted octanol–water partition coefficient (Wildman–Crippen LogP) is 2.36. The largest absolute Gasteiger partial charge is 0.346 e. The lowest BCUT2D eigenvalue weighted by atomic mass is 10.1. The number of nitrogens with two attached hydrogens (primary N) is 1. The van der Waals surface area contributed by atoms with Gasteiger partial charge in [0.05, 0.1) is 5.75 Å². The van der Waals surface area contributed by atoms with Crippen molar-refractivity contribution in [3.05, 3.63) is 36.0 Å². The average molecular weight is 308 g/mol. The summed E-state index contributed by atoms with van der Waals surface area (Å²) in [5.74, 6) is 0.463. The first-order chi connectivity index (χ1) is 9.91. The lowest BCUT2D eigenvalue weighted by Crippen LogP contribution is -2.17. The summed E-state index contributed by atoms with van der Waals surface area (Å²) in [5, 5.41) is 1.14. The Labute approximate surface area is 126 Å². The van der Waals surface area contributed by atoms with Gasteiger partial charge in [-0.1, -0.05) is 19.1 Å². The fraction of sp³-hybridized carbons (Fsp3) is 0.500. The van der Waals surface area contributed by atoms with Crippen LogP contribution in [0.25, 0.3) is 10.9 Å². The molecular weight excluding hydrogens is 284 g/mol. The molecule has 0 bridgehead atoms. The number of fused-ring (bicyclic) bond motifs is 1. The number of aromatic nitrogens is 1. The Bertz CT molecular complexity index is 702. The van der Waals surface area contributed by atoms with Gasteiger partial charge in [0, 0.05) is 30.1 Å². The van der Waals surface area contributed by atoms with Gasteiger partial charge in [0.2, 0.25) is 0 Å². The van der Waals surface area contributed by atoms with Crippen LogP contribution in [0.3, 0.4) is 0 Å². The van der Waals surface area contributed by atoms with Gasteiger partial charge in [0.1, 0.15) is 0 Å². The topological polar surface area (TPSA) is 65.1 Å². The Hall–Kier alpha value is -1.33. The van der Waals surface area contributed by atoms with Crippen molar-refractivity contribution in [2.24, 2.45) is 5.73 Å². The summed E-state index contributed by atoms with van der Waals surface area (Å²) in [6.07, 6.45) is 3.46. The van der Waals surface area contributed by atoms with Crippen LogP contribution in [0.5, 0.6) is 0 Å². The van der Waals surface area contributed by atoms with E-state index in [0.29, 0.717) is 13.0 Å². The van der Waals surface area contributed by atoms with Crippen molar-refractivity contribution in [2.75, 3.05) is 11.5 Å². The second kappa shape index (κ2) is 6.62. The minimum absolute atomic E-state index is 0.121. The lowest BCUT2D eigenvalue weighted by Gasteiger charge is -2.09. The molecule has 1 unspecified atom stereocenters. The molecule has 4 nitrogen and oxygen atoms in total. The summed E-state index contributed by atoms with van der Waals surface area (Å²) in [4.78, 5) is 0. The van der Waals surface area contributed by atoms with Crippen LogP contribution in [-0.2, 0) is 22.8 Å². The molecule has 0 spiro atoms. The van der Waals surface area contributed by atoms with Gasteiger partial charge >= 0.3 is 0 Å². The number of aryl methyl sites for hydroxylation is 1. The van der Waals surface area contributed by atoms with Crippen LogP contribution in [0.15, 0.2) is 30.5 Å². The quantitative estimate of drug-likeness (QED) is 0.854. The van der Waals surface area contributed by atoms with Gasteiger partial charge in [0.15, 0.2) is 9.84 Å². The van der Waals surface area contributed by atoms with Crippen molar-refractivity contribution in [1.29, 1.82) is 0 Å². The maximum Gasteiger partial charge on any atom is 0.152 e. The molecule has 2 rings (SSSR count). The Morgan fingerprint density at radius 3 is 2.67 bits per heavy atom. The smallest absolute Gasteiger partial charge is 0.152 e. The summed E-state index contributed by atoms with van der Waals surface area (Å²) < 4.78 is 25.7. The molecule has 5 heteroatoms. The molecule has 1 heterocycles. The Morgan fingerprint density at radius 1 is 1.24 bits per heavy atom. The molecule has 0 amide bonds. The summed E-state index contributed by atoms with van der Waals surface area (Å²) in [6.45, 7) is 4.39. The minimum atomic E-state index is -2.95. The van der Waals surface area contributed by atoms with E-state index in [-0.39, 0.29) is 17.5 Å². The molecule has 0 radical (unpaired) electrons. The Morgan fingerprint density at radius 2 is 2.00 bits per heavy atom. The molecule has 0 aliphatic heterocycles. The van der Waals surface area contributed by atoms with E-state index >= 15 is 0 Å². The van der Waals surface area contributed by atoms with Crippen LogP contribution in [0, 0.1) is 0 Å². The van der Waals surface area contributed by atoms with Gasteiger partial charge in [-0.05, 0) is 42.8 Å². The van der Waals surface area contributed by atoms with Crippen molar-refractivity contribution in [2.45, 2.75) is 39.3 Å². The molecule has 116 valence electrons. The second-order valence-electron chi connectivity index (χ2n) is 5.74. The Kier molecular flexibility index (Phi) is 5.06. The van der Waals surface area contributed by atoms with E-state index in [1.165, 1.54) is 5.56 Å². The first kappa shape index (κ1) is 16.0. The zero-order valence-corrected chi connectivity index (χ0v) is 13.6. The molecule has 0 aliphatic carbocycles. The maximum absolute atomic E-state index is 11.8. The zero-order chi connectivity index (χ0) is 15.5. The molecule has 2 aromatic rings. The van der Waals surface area contributed by atoms with Crippen molar-refractivity contribution in [1.82, 2.24) is 4.57 Å². The first-order valence-electron chi connectivity index (χ1n) is 7.45. The molecule has 0 saturated heterocycles. The van der Waals surface area contributed by atoms with Gasteiger partial charge in [-0.25, -0.2) is 8.42 Å². The van der Waals surface area contributed by atoms with Crippen molar-refractivity contribution < 1.29 is 8.42 Å². The maximum atomic E-state index is 11.8. The highest BCUT2D eigenvalue weighted by atomic mass is 32.2. The third kappa shape index (κ3) is 4.32. The van der Waals surface area contributed by atoms with Gasteiger partial charge in [-0.2, -0.15) is 0 Å². The van der Waals surface area contributed by atoms with E-state index in [0.717, 1.165) is 17.3 Å². The monoisotopic (exact) mass is 308 g/mol. The number of hydrogen-bond donors (Lipinski definition) is 1. The van der Waals surface area contributed by atoms with Crippen LogP contribution >= 0.6 is 0 Å². The van der Waals surface area contributed by atoms with E-state index in [9.17, 15) is 8.42 Å². The summed E-state index contributed by atoms with van der Waals surface area (Å²) in [6, 6.07) is 8.42. The fourth-order valence-corrected chi connectivity index (χ4v) is 3.87. The SMILES string of the molecule is CCCS(=O)(=O)CCn1ccc2ccc(CC(C)N)cc21. The average Bonchev–Trinajstić information content (AvgIpc) is 2.78. The van der Waals surface area contributed by atoms with Gasteiger partial charge in [-0.15, -0.1) is 0 Å². The minimum Gasteiger partial charge on any atom is -0.346 e. The lowest BCUT2D eigenvalue weighted by molar-refractivity contribution is 0.588. The summed E-state index contributed by atoms with van der Waals surface area (Å²) in [5.41, 5.74) is 8.12. The number of benzene rings is 1. The molecule has 21 heavy (non-hydrogen) atoms. The molecule has 0 saturated carbocycles. The van der Waals surface area contributed by atoms with E-state index in [2.05, 4.69) is 18.2 Å². The van der Waals surface area contributed by atoms with Gasteiger partial charge in [-0.3, -0.25) is 0 Å². The van der Waals surface area contributed by atoms with E-state index in [4.69, 9.17) is 5.73 Å². The summed E-state index contributed by atoms with van der Waals surface area (Å²) >= 11 is 0. The predicted molar refractivity (Wildman–Crippen MR) is 88.2 cm³/mol. The molecule has 1 aromatic heterocycles. The van der Waals surface area contributed by atoms with Crippen molar-refractivity contribution in [3.8, 4) is 0 Å². The van der Waals surface area contributed by atoms with Crippen molar-refractivity contribution >= 4 is 20.7 Å². The molecular formula is C16H24N2O2S. The first-order valence-corrected chi connectivity index (χ1v) is 9.27. The highest BCUT2D eigenvalue weighted by molar-refractivity contribution is 7.91. The third-order valence-electron chi connectivity index (χ3n) is 3.55.